The Morgan fingerprint density at radius 3 is 2.55 bits per heavy atom. The molecule has 0 spiro atoms. The molecule has 3 N–H and O–H groups in total. The van der Waals surface area contributed by atoms with E-state index in [2.05, 4.69) is 10.6 Å². The van der Waals surface area contributed by atoms with Gasteiger partial charge in [0.15, 0.2) is 0 Å². The van der Waals surface area contributed by atoms with Crippen LogP contribution in [-0.2, 0) is 4.79 Å². The van der Waals surface area contributed by atoms with Crippen LogP contribution >= 0.6 is 23.2 Å². The van der Waals surface area contributed by atoms with Crippen LogP contribution < -0.4 is 10.6 Å². The van der Waals surface area contributed by atoms with Crippen molar-refractivity contribution in [3.63, 3.8) is 0 Å². The Kier molecular flexibility index (Phi) is 6.26. The molecule has 1 atom stereocenters. The average Bonchev–Trinajstić information content (AvgIpc) is 2.38. The predicted octanol–water partition coefficient (Wildman–Crippen LogP) is 3.02. The summed E-state index contributed by atoms with van der Waals surface area (Å²) in [5.41, 5.74) is -0.0843. The van der Waals surface area contributed by atoms with E-state index >= 15 is 0 Å². The molecule has 0 aliphatic carbocycles. The molecular formula is C13H16Cl2N2O3. The lowest BCUT2D eigenvalue weighted by molar-refractivity contribution is -0.115. The lowest BCUT2D eigenvalue weighted by Crippen LogP contribution is -2.34. The lowest BCUT2D eigenvalue weighted by atomic mass is 10.1. The molecule has 0 fully saturated rings. The van der Waals surface area contributed by atoms with E-state index < -0.39 is 5.97 Å². The Morgan fingerprint density at radius 2 is 2.00 bits per heavy atom. The van der Waals surface area contributed by atoms with Crippen molar-refractivity contribution in [1.82, 2.24) is 5.32 Å². The standard InChI is InChI=1S/C13H16Cl2N2O3/c1-3-7(2)16-6-11(18)17-12-9(13(19)20)4-8(14)5-10(12)15/h4-5,7,16H,3,6H2,1-2H3,(H,17,18)(H,19,20). The molecule has 0 saturated heterocycles. The van der Waals surface area contributed by atoms with Crippen LogP contribution in [0.2, 0.25) is 10.0 Å². The topological polar surface area (TPSA) is 78.4 Å². The van der Waals surface area contributed by atoms with Gasteiger partial charge in [-0.25, -0.2) is 4.79 Å². The number of benzene rings is 1. The Hall–Kier alpha value is -1.30. The third-order valence-corrected chi connectivity index (χ3v) is 3.29. The number of hydrogen-bond donors (Lipinski definition) is 3. The summed E-state index contributed by atoms with van der Waals surface area (Å²) in [6.07, 6.45) is 0.884. The zero-order valence-corrected chi connectivity index (χ0v) is 12.7. The number of aromatic carboxylic acids is 1. The summed E-state index contributed by atoms with van der Waals surface area (Å²) >= 11 is 11.7. The van der Waals surface area contributed by atoms with E-state index in [0.29, 0.717) is 0 Å². The second kappa shape index (κ2) is 7.47. The number of nitrogens with one attached hydrogen (secondary N) is 2. The number of amides is 1. The van der Waals surface area contributed by atoms with Crippen LogP contribution in [0.1, 0.15) is 30.6 Å². The zero-order chi connectivity index (χ0) is 15.3. The highest BCUT2D eigenvalue weighted by Gasteiger charge is 2.17. The number of carboxylic acids is 1. The van der Waals surface area contributed by atoms with Crippen molar-refractivity contribution in [3.8, 4) is 0 Å². The third-order valence-electron chi connectivity index (χ3n) is 2.77. The Morgan fingerprint density at radius 1 is 1.35 bits per heavy atom. The second-order valence-electron chi connectivity index (χ2n) is 4.35. The van der Waals surface area contributed by atoms with E-state index in [1.165, 1.54) is 12.1 Å². The van der Waals surface area contributed by atoms with Gasteiger partial charge in [0.05, 0.1) is 22.8 Å². The summed E-state index contributed by atoms with van der Waals surface area (Å²) < 4.78 is 0. The van der Waals surface area contributed by atoms with Crippen LogP contribution in [0.15, 0.2) is 12.1 Å². The minimum Gasteiger partial charge on any atom is -0.478 e. The Bertz CT molecular complexity index is 521. The van der Waals surface area contributed by atoms with Gasteiger partial charge in [0.25, 0.3) is 0 Å². The third kappa shape index (κ3) is 4.67. The van der Waals surface area contributed by atoms with Crippen molar-refractivity contribution in [3.05, 3.63) is 27.7 Å². The molecule has 0 bridgehead atoms. The molecule has 1 aromatic carbocycles. The molecular weight excluding hydrogens is 303 g/mol. The molecule has 7 heteroatoms. The molecule has 0 heterocycles. The van der Waals surface area contributed by atoms with E-state index in [4.69, 9.17) is 28.3 Å². The molecule has 0 radical (unpaired) electrons. The highest BCUT2D eigenvalue weighted by Crippen LogP contribution is 2.30. The van der Waals surface area contributed by atoms with Crippen LogP contribution in [0, 0.1) is 0 Å². The minimum atomic E-state index is -1.21. The average molecular weight is 319 g/mol. The fourth-order valence-electron chi connectivity index (χ4n) is 1.46. The van der Waals surface area contributed by atoms with E-state index in [0.717, 1.165) is 6.42 Å². The van der Waals surface area contributed by atoms with E-state index in [1.54, 1.807) is 0 Å². The smallest absolute Gasteiger partial charge is 0.337 e. The number of carbonyl (C=O) groups is 2. The van der Waals surface area contributed by atoms with Crippen LogP contribution in [-0.4, -0.2) is 29.6 Å². The number of anilines is 1. The molecule has 1 aromatic rings. The van der Waals surface area contributed by atoms with Crippen molar-refractivity contribution in [2.75, 3.05) is 11.9 Å². The summed E-state index contributed by atoms with van der Waals surface area (Å²) in [5, 5.41) is 14.9. The van der Waals surface area contributed by atoms with Crippen LogP contribution in [0.3, 0.4) is 0 Å². The molecule has 110 valence electrons. The van der Waals surface area contributed by atoms with Gasteiger partial charge in [-0.2, -0.15) is 0 Å². The summed E-state index contributed by atoms with van der Waals surface area (Å²) in [6, 6.07) is 2.82. The van der Waals surface area contributed by atoms with Crippen molar-refractivity contribution in [1.29, 1.82) is 0 Å². The fraction of sp³-hybridized carbons (Fsp3) is 0.385. The second-order valence-corrected chi connectivity index (χ2v) is 5.20. The SMILES string of the molecule is CCC(C)NCC(=O)Nc1c(Cl)cc(Cl)cc1C(=O)O. The number of halogens is 2. The van der Waals surface area contributed by atoms with Gasteiger partial charge >= 0.3 is 5.97 Å². The molecule has 0 aromatic heterocycles. The maximum absolute atomic E-state index is 11.8. The Labute approximate surface area is 127 Å². The molecule has 5 nitrogen and oxygen atoms in total. The van der Waals surface area contributed by atoms with Gasteiger partial charge in [0.2, 0.25) is 5.91 Å². The predicted molar refractivity (Wildman–Crippen MR) is 79.8 cm³/mol. The van der Waals surface area contributed by atoms with E-state index in [1.807, 2.05) is 13.8 Å². The largest absolute Gasteiger partial charge is 0.478 e. The maximum atomic E-state index is 11.8. The first-order chi connectivity index (χ1) is 9.35. The van der Waals surface area contributed by atoms with Crippen molar-refractivity contribution in [2.45, 2.75) is 26.3 Å². The molecule has 1 amide bonds. The highest BCUT2D eigenvalue weighted by atomic mass is 35.5. The summed E-state index contributed by atoms with van der Waals surface area (Å²) in [5.74, 6) is -1.57. The van der Waals surface area contributed by atoms with Crippen LogP contribution in [0.4, 0.5) is 5.69 Å². The van der Waals surface area contributed by atoms with Gasteiger partial charge < -0.3 is 15.7 Å². The van der Waals surface area contributed by atoms with Crippen LogP contribution in [0.5, 0.6) is 0 Å². The number of carbonyl (C=O) groups excluding carboxylic acids is 1. The monoisotopic (exact) mass is 318 g/mol. The highest BCUT2D eigenvalue weighted by molar-refractivity contribution is 6.37. The van der Waals surface area contributed by atoms with Gasteiger partial charge in [0.1, 0.15) is 0 Å². The zero-order valence-electron chi connectivity index (χ0n) is 11.2. The summed E-state index contributed by atoms with van der Waals surface area (Å²) in [6.45, 7) is 4.02. The molecule has 1 rings (SSSR count). The fourth-order valence-corrected chi connectivity index (χ4v) is 2.00. The first-order valence-corrected chi connectivity index (χ1v) is 6.86. The molecule has 1 unspecified atom stereocenters. The normalized spacial score (nSPS) is 12.0. The van der Waals surface area contributed by atoms with E-state index in [-0.39, 0.29) is 39.8 Å². The summed E-state index contributed by atoms with van der Waals surface area (Å²) in [7, 11) is 0. The first kappa shape index (κ1) is 16.8. The van der Waals surface area contributed by atoms with Gasteiger partial charge in [-0.3, -0.25) is 4.79 Å². The number of hydrogen-bond acceptors (Lipinski definition) is 3. The molecule has 0 saturated carbocycles. The van der Waals surface area contributed by atoms with Crippen molar-refractivity contribution < 1.29 is 14.7 Å². The Balaban J connectivity index is 2.86. The lowest BCUT2D eigenvalue weighted by Gasteiger charge is -2.13. The van der Waals surface area contributed by atoms with Crippen molar-refractivity contribution >= 4 is 40.8 Å². The minimum absolute atomic E-state index is 0.0551. The molecule has 0 aliphatic rings. The van der Waals surface area contributed by atoms with Crippen LogP contribution in [0.25, 0.3) is 0 Å². The number of rotatable bonds is 6. The quantitative estimate of drug-likeness (QED) is 0.753. The van der Waals surface area contributed by atoms with Gasteiger partial charge in [-0.1, -0.05) is 30.1 Å². The molecule has 20 heavy (non-hydrogen) atoms. The maximum Gasteiger partial charge on any atom is 0.337 e. The van der Waals surface area contributed by atoms with Gasteiger partial charge in [-0.15, -0.1) is 0 Å². The van der Waals surface area contributed by atoms with Crippen molar-refractivity contribution in [2.24, 2.45) is 0 Å². The summed E-state index contributed by atoms with van der Waals surface area (Å²) in [4.78, 5) is 22.9. The number of carboxylic acid groups (broad SMARTS) is 1. The van der Waals surface area contributed by atoms with E-state index in [9.17, 15) is 9.59 Å². The van der Waals surface area contributed by atoms with Gasteiger partial charge in [0, 0.05) is 11.1 Å². The molecule has 0 aliphatic heterocycles. The van der Waals surface area contributed by atoms with Gasteiger partial charge in [-0.05, 0) is 25.5 Å². The first-order valence-electron chi connectivity index (χ1n) is 6.10.